The van der Waals surface area contributed by atoms with Gasteiger partial charge in [-0.15, -0.1) is 0 Å². The Morgan fingerprint density at radius 3 is 1.20 bits per heavy atom. The van der Waals surface area contributed by atoms with Crippen LogP contribution >= 0.6 is 12.8 Å². The molecule has 0 rings (SSSR count). The standard InChI is InChI=1S/Ca.2ClH.K.Na.2H/h;2*1H;;;;/q+2;;;;;;/p-2. The van der Waals surface area contributed by atoms with Crippen molar-refractivity contribution in [1.29, 1.82) is 0 Å². The maximum absolute atomic E-state index is 4.95. The van der Waals surface area contributed by atoms with Crippen LogP contribution in [0.4, 0.5) is 0 Å². The first-order chi connectivity index (χ1) is 1.41. The molecule has 5 heteroatoms. The van der Waals surface area contributed by atoms with E-state index in [4.69, 9.17) is 12.8 Å². The van der Waals surface area contributed by atoms with E-state index in [-0.39, 0.29) is 80.9 Å². The normalized spacial score (nSPS) is 2.00. The molecule has 0 aromatic rings. The molecule has 0 aromatic carbocycles. The van der Waals surface area contributed by atoms with Gasteiger partial charge in [0.15, 0.2) is 0 Å². The SMILES string of the molecule is [Cl][Ca][Cl].[KH].[NaH]. The summed E-state index contributed by atoms with van der Waals surface area (Å²) in [5, 5.41) is 0. The second kappa shape index (κ2) is 15.8. The predicted molar refractivity (Wildman–Crippen MR) is 31.8 cm³/mol. The summed E-state index contributed by atoms with van der Waals surface area (Å²) in [7, 11) is 0. The van der Waals surface area contributed by atoms with Gasteiger partial charge in [-0.1, -0.05) is 0 Å². The van der Waals surface area contributed by atoms with Gasteiger partial charge < -0.3 is 0 Å². The van der Waals surface area contributed by atoms with Gasteiger partial charge in [-0.05, 0) is 0 Å². The van der Waals surface area contributed by atoms with E-state index in [2.05, 4.69) is 0 Å². The molecule has 0 aliphatic heterocycles. The van der Waals surface area contributed by atoms with Crippen LogP contribution in [0.5, 0.6) is 0 Å². The summed E-state index contributed by atoms with van der Waals surface area (Å²) in [6, 6.07) is 0. The molecule has 0 saturated carbocycles. The zero-order valence-corrected chi connectivity index (χ0v) is 5.18. The van der Waals surface area contributed by atoms with Gasteiger partial charge in [0, 0.05) is 0 Å². The minimum absolute atomic E-state index is 0. The van der Waals surface area contributed by atoms with Crippen LogP contribution in [0.3, 0.4) is 0 Å². The van der Waals surface area contributed by atoms with Crippen LogP contribution in [-0.4, -0.2) is 112 Å². The van der Waals surface area contributed by atoms with E-state index in [9.17, 15) is 0 Å². The second-order valence-corrected chi connectivity index (χ2v) is 3.75. The third-order valence-electron chi connectivity index (χ3n) is 0. The Labute approximate surface area is 120 Å². The Bertz CT molecular complexity index is 9.61. The van der Waals surface area contributed by atoms with E-state index < -0.39 is 30.8 Å². The third kappa shape index (κ3) is 17.7. The van der Waals surface area contributed by atoms with E-state index in [1.54, 1.807) is 0 Å². The van der Waals surface area contributed by atoms with E-state index in [1.807, 2.05) is 0 Å². The topological polar surface area (TPSA) is 0 Å². The molecule has 0 nitrogen and oxygen atoms in total. The fourth-order valence-corrected chi connectivity index (χ4v) is 0. The first-order valence-corrected chi connectivity index (χ1v) is 6.61. The average Bonchev–Trinajstić information content (AvgIpc) is 0.918. The molecule has 0 spiro atoms. The molecule has 0 N–H and O–H groups in total. The van der Waals surface area contributed by atoms with Crippen molar-refractivity contribution in [2.24, 2.45) is 0 Å². The maximum atomic E-state index is 4.95. The van der Waals surface area contributed by atoms with Gasteiger partial charge in [-0.2, -0.15) is 0 Å². The van der Waals surface area contributed by atoms with E-state index in [0.29, 0.717) is 0 Å². The van der Waals surface area contributed by atoms with Gasteiger partial charge >= 0.3 is 125 Å². The molecule has 20 valence electrons. The summed E-state index contributed by atoms with van der Waals surface area (Å²) in [6.45, 7) is 0. The number of hydrogen-bond donors (Lipinski definition) is 0. The van der Waals surface area contributed by atoms with Crippen molar-refractivity contribution in [3.63, 3.8) is 0 Å². The van der Waals surface area contributed by atoms with Crippen LogP contribution in [0.15, 0.2) is 0 Å². The molecule has 0 radical (unpaired) electrons. The number of rotatable bonds is 0. The van der Waals surface area contributed by atoms with Crippen LogP contribution in [0.1, 0.15) is 0 Å². The summed E-state index contributed by atoms with van der Waals surface area (Å²) in [6.07, 6.45) is 9.90. The third-order valence-corrected chi connectivity index (χ3v) is 0. The van der Waals surface area contributed by atoms with E-state index >= 15 is 0 Å². The molecular formula is H2CaCl2KNa. The van der Waals surface area contributed by atoms with E-state index in [0.717, 1.165) is 0 Å². The monoisotopic (exact) mass is 174 g/mol. The first kappa shape index (κ1) is 16.2. The Morgan fingerprint density at radius 2 is 1.20 bits per heavy atom. The number of halogens is 2. The molecule has 0 amide bonds. The molecule has 0 unspecified atom stereocenters. The van der Waals surface area contributed by atoms with Crippen molar-refractivity contribution in [3.05, 3.63) is 0 Å². The predicted octanol–water partition coefficient (Wildman–Crippen LogP) is -0.299. The van der Waals surface area contributed by atoms with Crippen LogP contribution in [0.2, 0.25) is 0 Å². The summed E-state index contributed by atoms with van der Waals surface area (Å²) in [4.78, 5) is 0. The quantitative estimate of drug-likeness (QED) is 0.443. The van der Waals surface area contributed by atoms with Gasteiger partial charge in [0.05, 0.1) is 0 Å². The number of hydrogen-bond acceptors (Lipinski definition) is 0. The van der Waals surface area contributed by atoms with Gasteiger partial charge in [-0.25, -0.2) is 0 Å². The zero-order valence-electron chi connectivity index (χ0n) is 1.46. The van der Waals surface area contributed by atoms with Crippen molar-refractivity contribution in [3.8, 4) is 0 Å². The van der Waals surface area contributed by atoms with Crippen molar-refractivity contribution < 1.29 is 0 Å². The fraction of sp³-hybridized carbons (Fsp3) is 0. The van der Waals surface area contributed by atoms with Crippen molar-refractivity contribution in [2.75, 3.05) is 0 Å². The average molecular weight is 175 g/mol. The van der Waals surface area contributed by atoms with Gasteiger partial charge in [0.25, 0.3) is 0 Å². The van der Waals surface area contributed by atoms with Gasteiger partial charge in [-0.3, -0.25) is 0 Å². The Kier molecular flexibility index (Phi) is 51.3. The van der Waals surface area contributed by atoms with Crippen LogP contribution in [-0.2, 0) is 0 Å². The fourth-order valence-electron chi connectivity index (χ4n) is 0. The Hall–Kier alpha value is 4.48. The molecule has 0 aromatic heterocycles. The molecule has 5 heavy (non-hydrogen) atoms. The Balaban J connectivity index is -0.0000000200. The summed E-state index contributed by atoms with van der Waals surface area (Å²) < 4.78 is 0. The summed E-state index contributed by atoms with van der Waals surface area (Å²) in [5.41, 5.74) is 0. The van der Waals surface area contributed by atoms with Crippen molar-refractivity contribution in [1.82, 2.24) is 0 Å². The van der Waals surface area contributed by atoms with E-state index in [1.165, 1.54) is 0 Å². The molecule has 0 heterocycles. The minimum atomic E-state index is -0.931. The summed E-state index contributed by atoms with van der Waals surface area (Å²) in [5.74, 6) is 0. The molecule has 0 aliphatic rings. The molecule has 0 saturated heterocycles. The molecule has 0 aliphatic carbocycles. The summed E-state index contributed by atoms with van der Waals surface area (Å²) >= 11 is -0.931. The van der Waals surface area contributed by atoms with Gasteiger partial charge in [0.1, 0.15) is 0 Å². The molecule has 0 atom stereocenters. The second-order valence-electron chi connectivity index (χ2n) is 0.101. The molecule has 0 bridgehead atoms. The molecule has 0 fully saturated rings. The van der Waals surface area contributed by atoms with Crippen LogP contribution in [0, 0.1) is 0 Å². The van der Waals surface area contributed by atoms with Crippen molar-refractivity contribution >= 4 is 125 Å². The zero-order chi connectivity index (χ0) is 2.71. The first-order valence-electron chi connectivity index (χ1n) is 0.535. The molecular weight excluding hydrogens is 173 g/mol. The van der Waals surface area contributed by atoms with Crippen LogP contribution in [0.25, 0.3) is 0 Å². The van der Waals surface area contributed by atoms with Crippen molar-refractivity contribution in [2.45, 2.75) is 0 Å². The Morgan fingerprint density at radius 1 is 1.20 bits per heavy atom. The van der Waals surface area contributed by atoms with Gasteiger partial charge in [0.2, 0.25) is 0 Å². The van der Waals surface area contributed by atoms with Crippen LogP contribution < -0.4 is 0 Å².